The lowest BCUT2D eigenvalue weighted by atomic mass is 10.1. The Morgan fingerprint density at radius 1 is 1.29 bits per heavy atom. The SMILES string of the molecule is CN(CC(=O)Nc1ccc(F)cc1)C(=O)C1CC(=O)N(C2CCS(=O)(=O)C2)C1. The molecule has 28 heavy (non-hydrogen) atoms. The molecule has 1 N–H and O–H groups in total. The maximum atomic E-state index is 12.9. The Hall–Kier alpha value is -2.49. The fraction of sp³-hybridized carbons (Fsp3) is 0.500. The Morgan fingerprint density at radius 3 is 2.57 bits per heavy atom. The zero-order valence-corrected chi connectivity index (χ0v) is 16.2. The van der Waals surface area contributed by atoms with Crippen LogP contribution in [0.3, 0.4) is 0 Å². The number of amides is 3. The summed E-state index contributed by atoms with van der Waals surface area (Å²) in [5.41, 5.74) is 0.414. The van der Waals surface area contributed by atoms with Crippen molar-refractivity contribution in [1.82, 2.24) is 9.80 Å². The number of hydrogen-bond acceptors (Lipinski definition) is 5. The van der Waals surface area contributed by atoms with Gasteiger partial charge in [0.25, 0.3) is 0 Å². The quantitative estimate of drug-likeness (QED) is 0.749. The summed E-state index contributed by atoms with van der Waals surface area (Å²) in [6.07, 6.45) is 0.407. The number of halogens is 1. The second kappa shape index (κ2) is 7.86. The summed E-state index contributed by atoms with van der Waals surface area (Å²) in [5, 5.41) is 2.57. The molecule has 3 rings (SSSR count). The van der Waals surface area contributed by atoms with E-state index in [1.165, 1.54) is 41.1 Å². The van der Waals surface area contributed by atoms with Gasteiger partial charge in [-0.1, -0.05) is 0 Å². The van der Waals surface area contributed by atoms with Gasteiger partial charge in [0.2, 0.25) is 17.7 Å². The third kappa shape index (κ3) is 4.67. The predicted octanol–water partition coefficient (Wildman–Crippen LogP) is 0.258. The number of rotatable bonds is 5. The van der Waals surface area contributed by atoms with E-state index in [0.29, 0.717) is 12.1 Å². The van der Waals surface area contributed by atoms with E-state index in [-0.39, 0.29) is 48.9 Å². The van der Waals surface area contributed by atoms with Gasteiger partial charge in [0.05, 0.1) is 24.0 Å². The van der Waals surface area contributed by atoms with Crippen molar-refractivity contribution in [2.45, 2.75) is 18.9 Å². The molecular formula is C18H22FN3O5S. The van der Waals surface area contributed by atoms with Gasteiger partial charge in [-0.25, -0.2) is 12.8 Å². The van der Waals surface area contributed by atoms with Crippen LogP contribution in [0.5, 0.6) is 0 Å². The van der Waals surface area contributed by atoms with Gasteiger partial charge in [0.15, 0.2) is 9.84 Å². The Labute approximate surface area is 162 Å². The second-order valence-corrected chi connectivity index (χ2v) is 9.48. The van der Waals surface area contributed by atoms with Gasteiger partial charge in [0.1, 0.15) is 5.82 Å². The van der Waals surface area contributed by atoms with Crippen molar-refractivity contribution in [2.75, 3.05) is 37.0 Å². The third-order valence-corrected chi connectivity index (χ3v) is 6.79. The summed E-state index contributed by atoms with van der Waals surface area (Å²) in [6.45, 7) is -0.0412. The fourth-order valence-electron chi connectivity index (χ4n) is 3.61. The number of carbonyl (C=O) groups excluding carboxylic acids is 3. The highest BCUT2D eigenvalue weighted by Crippen LogP contribution is 2.27. The highest BCUT2D eigenvalue weighted by molar-refractivity contribution is 7.91. The van der Waals surface area contributed by atoms with Crippen LogP contribution in [0.25, 0.3) is 0 Å². The molecule has 2 saturated heterocycles. The van der Waals surface area contributed by atoms with Crippen LogP contribution in [0.2, 0.25) is 0 Å². The van der Waals surface area contributed by atoms with E-state index in [1.54, 1.807) is 0 Å². The predicted molar refractivity (Wildman–Crippen MR) is 99.5 cm³/mol. The molecule has 2 atom stereocenters. The zero-order chi connectivity index (χ0) is 20.5. The number of nitrogens with one attached hydrogen (secondary N) is 1. The summed E-state index contributed by atoms with van der Waals surface area (Å²) >= 11 is 0. The van der Waals surface area contributed by atoms with Crippen molar-refractivity contribution in [3.8, 4) is 0 Å². The molecule has 2 heterocycles. The van der Waals surface area contributed by atoms with Crippen molar-refractivity contribution in [3.63, 3.8) is 0 Å². The zero-order valence-electron chi connectivity index (χ0n) is 15.4. The van der Waals surface area contributed by atoms with Crippen LogP contribution in [0.1, 0.15) is 12.8 Å². The van der Waals surface area contributed by atoms with E-state index >= 15 is 0 Å². The Morgan fingerprint density at radius 2 is 1.96 bits per heavy atom. The maximum Gasteiger partial charge on any atom is 0.243 e. The molecule has 0 radical (unpaired) electrons. The first-order valence-corrected chi connectivity index (χ1v) is 10.8. The van der Waals surface area contributed by atoms with Crippen LogP contribution in [0, 0.1) is 11.7 Å². The van der Waals surface area contributed by atoms with Crippen LogP contribution >= 0.6 is 0 Å². The number of anilines is 1. The molecule has 0 saturated carbocycles. The van der Waals surface area contributed by atoms with E-state index in [2.05, 4.69) is 5.32 Å². The van der Waals surface area contributed by atoms with Crippen molar-refractivity contribution in [1.29, 1.82) is 0 Å². The van der Waals surface area contributed by atoms with Crippen LogP contribution in [-0.2, 0) is 24.2 Å². The topological polar surface area (TPSA) is 104 Å². The second-order valence-electron chi connectivity index (χ2n) is 7.25. The van der Waals surface area contributed by atoms with Crippen molar-refractivity contribution in [2.24, 2.45) is 5.92 Å². The monoisotopic (exact) mass is 411 g/mol. The van der Waals surface area contributed by atoms with Crippen LogP contribution < -0.4 is 5.32 Å². The molecule has 3 amide bonds. The highest BCUT2D eigenvalue weighted by Gasteiger charge is 2.42. The molecule has 2 aliphatic rings. The molecule has 1 aromatic rings. The van der Waals surface area contributed by atoms with Gasteiger partial charge >= 0.3 is 0 Å². The van der Waals surface area contributed by atoms with Gasteiger partial charge in [-0.05, 0) is 30.7 Å². The largest absolute Gasteiger partial charge is 0.338 e. The summed E-state index contributed by atoms with van der Waals surface area (Å²) < 4.78 is 36.2. The minimum Gasteiger partial charge on any atom is -0.338 e. The van der Waals surface area contributed by atoms with Gasteiger partial charge < -0.3 is 15.1 Å². The maximum absolute atomic E-state index is 12.9. The minimum absolute atomic E-state index is 0.0132. The molecule has 2 aliphatic heterocycles. The first kappa shape index (κ1) is 20.2. The number of benzene rings is 1. The first-order chi connectivity index (χ1) is 13.1. The van der Waals surface area contributed by atoms with Crippen molar-refractivity contribution < 1.29 is 27.2 Å². The van der Waals surface area contributed by atoms with Gasteiger partial charge in [0, 0.05) is 31.7 Å². The minimum atomic E-state index is -3.12. The molecule has 10 heteroatoms. The molecule has 2 fully saturated rings. The molecule has 152 valence electrons. The lowest BCUT2D eigenvalue weighted by Gasteiger charge is -2.24. The average Bonchev–Trinajstić information content (AvgIpc) is 3.18. The standard InChI is InChI=1S/C18H22FN3O5S/c1-21(10-16(23)20-14-4-2-13(19)3-5-14)18(25)12-8-17(24)22(9-12)15-6-7-28(26,27)11-15/h2-5,12,15H,6-11H2,1H3,(H,20,23). The average molecular weight is 411 g/mol. The lowest BCUT2D eigenvalue weighted by molar-refractivity contribution is -0.137. The van der Waals surface area contributed by atoms with E-state index in [0.717, 1.165) is 0 Å². The number of nitrogens with zero attached hydrogens (tertiary/aromatic N) is 2. The molecule has 2 unspecified atom stereocenters. The van der Waals surface area contributed by atoms with Crippen LogP contribution in [-0.4, -0.2) is 73.6 Å². The highest BCUT2D eigenvalue weighted by atomic mass is 32.2. The normalized spacial score (nSPS) is 23.6. The molecular weight excluding hydrogens is 389 g/mol. The Balaban J connectivity index is 1.54. The molecule has 0 aromatic heterocycles. The molecule has 0 spiro atoms. The van der Waals surface area contributed by atoms with Gasteiger partial charge in [-0.2, -0.15) is 0 Å². The summed E-state index contributed by atoms with van der Waals surface area (Å²) in [7, 11) is -1.65. The molecule has 0 bridgehead atoms. The molecule has 8 nitrogen and oxygen atoms in total. The Bertz CT molecular complexity index is 887. The van der Waals surface area contributed by atoms with Crippen molar-refractivity contribution in [3.05, 3.63) is 30.1 Å². The van der Waals surface area contributed by atoms with Crippen molar-refractivity contribution >= 4 is 33.2 Å². The van der Waals surface area contributed by atoms with E-state index in [9.17, 15) is 27.2 Å². The number of carbonyl (C=O) groups is 3. The van der Waals surface area contributed by atoms with E-state index in [4.69, 9.17) is 0 Å². The number of sulfone groups is 1. The summed E-state index contributed by atoms with van der Waals surface area (Å²) in [6, 6.07) is 4.89. The number of likely N-dealkylation sites (N-methyl/N-ethyl adjacent to an activating group) is 1. The summed E-state index contributed by atoms with van der Waals surface area (Å²) in [5.74, 6) is -2.03. The Kier molecular flexibility index (Phi) is 5.69. The van der Waals surface area contributed by atoms with E-state index < -0.39 is 27.5 Å². The van der Waals surface area contributed by atoms with Gasteiger partial charge in [-0.15, -0.1) is 0 Å². The van der Waals surface area contributed by atoms with E-state index in [1.807, 2.05) is 0 Å². The molecule has 1 aromatic carbocycles. The lowest BCUT2D eigenvalue weighted by Crippen LogP contribution is -2.41. The first-order valence-electron chi connectivity index (χ1n) is 8.95. The number of likely N-dealkylation sites (tertiary alicyclic amines) is 1. The smallest absolute Gasteiger partial charge is 0.243 e. The van der Waals surface area contributed by atoms with Gasteiger partial charge in [-0.3, -0.25) is 14.4 Å². The van der Waals surface area contributed by atoms with Crippen LogP contribution in [0.4, 0.5) is 10.1 Å². The summed E-state index contributed by atoms with van der Waals surface area (Å²) in [4.78, 5) is 39.7. The fourth-order valence-corrected chi connectivity index (χ4v) is 5.34. The molecule has 0 aliphatic carbocycles. The third-order valence-electron chi connectivity index (χ3n) is 5.04. The number of hydrogen-bond donors (Lipinski definition) is 1. The van der Waals surface area contributed by atoms with Crippen LogP contribution in [0.15, 0.2) is 24.3 Å².